The second-order valence-corrected chi connectivity index (χ2v) is 3.76. The van der Waals surface area contributed by atoms with Crippen molar-refractivity contribution < 1.29 is 14.4 Å². The Bertz CT molecular complexity index is 478. The first-order chi connectivity index (χ1) is 9.04. The molecule has 2 amide bonds. The van der Waals surface area contributed by atoms with Gasteiger partial charge < -0.3 is 27.3 Å². The average Bonchev–Trinajstić information content (AvgIpc) is 2.38. The van der Waals surface area contributed by atoms with Crippen molar-refractivity contribution >= 4 is 11.9 Å². The number of benzene rings is 1. The van der Waals surface area contributed by atoms with Gasteiger partial charge in [0.25, 0.3) is 0 Å². The molecule has 104 valence electrons. The van der Waals surface area contributed by atoms with E-state index in [1.54, 1.807) is 6.07 Å². The maximum absolute atomic E-state index is 13.7. The number of nitrogens with two attached hydrogens (primary N) is 2. The molecule has 0 saturated carbocycles. The lowest BCUT2D eigenvalue weighted by molar-refractivity contribution is 0.249. The molecule has 8 heteroatoms. The van der Waals surface area contributed by atoms with Crippen molar-refractivity contribution in [3.63, 3.8) is 0 Å². The van der Waals surface area contributed by atoms with Gasteiger partial charge in [-0.3, -0.25) is 0 Å². The van der Waals surface area contributed by atoms with Crippen LogP contribution in [0.2, 0.25) is 0 Å². The summed E-state index contributed by atoms with van der Waals surface area (Å²) in [6.07, 6.45) is 0. The number of amidine groups is 1. The first-order valence-electron chi connectivity index (χ1n) is 5.55. The van der Waals surface area contributed by atoms with Crippen LogP contribution in [0.1, 0.15) is 11.1 Å². The molecule has 0 bridgehead atoms. The zero-order chi connectivity index (χ0) is 14.3. The fourth-order valence-corrected chi connectivity index (χ4v) is 1.40. The SMILES string of the molecule is NC(=O)NCCNCc1ccc(/C(N)=N/O)cc1F. The largest absolute Gasteiger partial charge is 0.409 e. The highest BCUT2D eigenvalue weighted by atomic mass is 19.1. The maximum atomic E-state index is 13.7. The molecule has 0 unspecified atom stereocenters. The molecule has 0 atom stereocenters. The van der Waals surface area contributed by atoms with Crippen molar-refractivity contribution in [3.8, 4) is 0 Å². The first kappa shape index (κ1) is 14.7. The van der Waals surface area contributed by atoms with E-state index < -0.39 is 11.8 Å². The minimum atomic E-state index is -0.601. The number of nitrogens with one attached hydrogen (secondary N) is 2. The lowest BCUT2D eigenvalue weighted by Gasteiger charge is -2.07. The highest BCUT2D eigenvalue weighted by molar-refractivity contribution is 5.97. The summed E-state index contributed by atoms with van der Waals surface area (Å²) in [4.78, 5) is 10.4. The number of carbonyl (C=O) groups excluding carboxylic acids is 1. The van der Waals surface area contributed by atoms with Gasteiger partial charge in [0.2, 0.25) is 0 Å². The second kappa shape index (κ2) is 7.17. The molecule has 0 radical (unpaired) electrons. The van der Waals surface area contributed by atoms with Crippen LogP contribution in [0.4, 0.5) is 9.18 Å². The van der Waals surface area contributed by atoms with E-state index in [1.165, 1.54) is 12.1 Å². The van der Waals surface area contributed by atoms with Gasteiger partial charge in [0.05, 0.1) is 0 Å². The molecule has 7 N–H and O–H groups in total. The number of halogens is 1. The van der Waals surface area contributed by atoms with Crippen LogP contribution in [0.15, 0.2) is 23.4 Å². The quantitative estimate of drug-likeness (QED) is 0.159. The molecule has 0 aromatic heterocycles. The topological polar surface area (TPSA) is 126 Å². The number of amides is 2. The monoisotopic (exact) mass is 269 g/mol. The summed E-state index contributed by atoms with van der Waals surface area (Å²) in [6.45, 7) is 1.12. The molecule has 0 spiro atoms. The number of oxime groups is 1. The van der Waals surface area contributed by atoms with Gasteiger partial charge in [-0.15, -0.1) is 0 Å². The fraction of sp³-hybridized carbons (Fsp3) is 0.273. The van der Waals surface area contributed by atoms with Crippen LogP contribution in [-0.4, -0.2) is 30.2 Å². The van der Waals surface area contributed by atoms with Crippen LogP contribution in [0.5, 0.6) is 0 Å². The molecule has 0 heterocycles. The Balaban J connectivity index is 2.49. The second-order valence-electron chi connectivity index (χ2n) is 3.76. The number of urea groups is 1. The van der Waals surface area contributed by atoms with E-state index in [-0.39, 0.29) is 5.84 Å². The van der Waals surface area contributed by atoms with Gasteiger partial charge >= 0.3 is 6.03 Å². The van der Waals surface area contributed by atoms with E-state index in [0.717, 1.165) is 0 Å². The minimum Gasteiger partial charge on any atom is -0.409 e. The van der Waals surface area contributed by atoms with Crippen LogP contribution >= 0.6 is 0 Å². The standard InChI is InChI=1S/C11H16FN5O2/c12-9-5-7(10(13)17-19)1-2-8(9)6-15-3-4-16-11(14)18/h1-2,5,15,19H,3-4,6H2,(H2,13,17)(H3,14,16,18). The summed E-state index contributed by atoms with van der Waals surface area (Å²) in [6, 6.07) is 3.68. The van der Waals surface area contributed by atoms with E-state index in [1.807, 2.05) is 0 Å². The van der Waals surface area contributed by atoms with Gasteiger partial charge in [-0.1, -0.05) is 17.3 Å². The van der Waals surface area contributed by atoms with E-state index in [2.05, 4.69) is 15.8 Å². The molecule has 0 fully saturated rings. The minimum absolute atomic E-state index is 0.149. The van der Waals surface area contributed by atoms with Gasteiger partial charge in [-0.2, -0.15) is 0 Å². The van der Waals surface area contributed by atoms with E-state index >= 15 is 0 Å². The van der Waals surface area contributed by atoms with Crippen LogP contribution in [-0.2, 0) is 6.54 Å². The fourth-order valence-electron chi connectivity index (χ4n) is 1.40. The Morgan fingerprint density at radius 3 is 2.68 bits per heavy atom. The first-order valence-corrected chi connectivity index (χ1v) is 5.55. The third kappa shape index (κ3) is 4.80. The van der Waals surface area contributed by atoms with Crippen molar-refractivity contribution in [2.45, 2.75) is 6.54 Å². The summed E-state index contributed by atoms with van der Waals surface area (Å²) in [5, 5.41) is 16.6. The predicted molar refractivity (Wildman–Crippen MR) is 68.2 cm³/mol. The van der Waals surface area contributed by atoms with E-state index in [4.69, 9.17) is 16.7 Å². The molecule has 0 aliphatic rings. The molecule has 19 heavy (non-hydrogen) atoms. The number of rotatable bonds is 6. The molecule has 1 aromatic rings. The Labute approximate surface area is 109 Å². The lowest BCUT2D eigenvalue weighted by Crippen LogP contribution is -2.35. The van der Waals surface area contributed by atoms with Crippen molar-refractivity contribution in [1.82, 2.24) is 10.6 Å². The predicted octanol–water partition coefficient (Wildman–Crippen LogP) is -0.322. The number of hydrogen-bond donors (Lipinski definition) is 5. The third-order valence-corrected chi connectivity index (χ3v) is 2.37. The summed E-state index contributed by atoms with van der Waals surface area (Å²) in [5.74, 6) is -0.608. The van der Waals surface area contributed by atoms with Crippen LogP contribution in [0.25, 0.3) is 0 Å². The van der Waals surface area contributed by atoms with Crippen molar-refractivity contribution in [1.29, 1.82) is 0 Å². The Hall–Kier alpha value is -2.35. The molecular formula is C11H16FN5O2. The number of nitrogens with zero attached hydrogens (tertiary/aromatic N) is 1. The summed E-state index contributed by atoms with van der Waals surface area (Å²) >= 11 is 0. The molecular weight excluding hydrogens is 253 g/mol. The normalized spacial score (nSPS) is 11.3. The van der Waals surface area contributed by atoms with Gasteiger partial charge in [0.15, 0.2) is 5.84 Å². The average molecular weight is 269 g/mol. The number of hydrogen-bond acceptors (Lipinski definition) is 4. The summed E-state index contributed by atoms with van der Waals surface area (Å²) < 4.78 is 13.7. The number of carbonyl (C=O) groups is 1. The van der Waals surface area contributed by atoms with Crippen molar-refractivity contribution in [2.24, 2.45) is 16.6 Å². The van der Waals surface area contributed by atoms with Crippen LogP contribution in [0, 0.1) is 5.82 Å². The van der Waals surface area contributed by atoms with Crippen LogP contribution < -0.4 is 22.1 Å². The van der Waals surface area contributed by atoms with E-state index in [0.29, 0.717) is 30.8 Å². The number of primary amides is 1. The third-order valence-electron chi connectivity index (χ3n) is 2.37. The van der Waals surface area contributed by atoms with Gasteiger partial charge in [0, 0.05) is 30.8 Å². The molecule has 7 nitrogen and oxygen atoms in total. The van der Waals surface area contributed by atoms with Gasteiger partial charge in [-0.25, -0.2) is 9.18 Å². The van der Waals surface area contributed by atoms with E-state index in [9.17, 15) is 9.18 Å². The van der Waals surface area contributed by atoms with Gasteiger partial charge in [-0.05, 0) is 6.07 Å². The van der Waals surface area contributed by atoms with Crippen molar-refractivity contribution in [3.05, 3.63) is 35.1 Å². The molecule has 0 aliphatic heterocycles. The maximum Gasteiger partial charge on any atom is 0.312 e. The molecule has 0 aliphatic carbocycles. The molecule has 0 saturated heterocycles. The van der Waals surface area contributed by atoms with Gasteiger partial charge in [0.1, 0.15) is 5.82 Å². The summed E-state index contributed by atoms with van der Waals surface area (Å²) in [5.41, 5.74) is 11.0. The van der Waals surface area contributed by atoms with Crippen LogP contribution in [0.3, 0.4) is 0 Å². The zero-order valence-corrected chi connectivity index (χ0v) is 10.2. The Morgan fingerprint density at radius 2 is 2.11 bits per heavy atom. The Morgan fingerprint density at radius 1 is 1.37 bits per heavy atom. The smallest absolute Gasteiger partial charge is 0.312 e. The molecule has 1 aromatic carbocycles. The Kier molecular flexibility index (Phi) is 5.55. The zero-order valence-electron chi connectivity index (χ0n) is 10.2. The van der Waals surface area contributed by atoms with Crippen molar-refractivity contribution in [2.75, 3.05) is 13.1 Å². The lowest BCUT2D eigenvalue weighted by atomic mass is 10.1. The molecule has 1 rings (SSSR count). The highest BCUT2D eigenvalue weighted by Gasteiger charge is 2.06. The highest BCUT2D eigenvalue weighted by Crippen LogP contribution is 2.10. The summed E-state index contributed by atoms with van der Waals surface area (Å²) in [7, 11) is 0.